The number of aryl methyl sites for hydroxylation is 3. The summed E-state index contributed by atoms with van der Waals surface area (Å²) in [6.45, 7) is 5.66. The number of aromatic nitrogens is 3. The molecule has 0 bridgehead atoms. The highest BCUT2D eigenvalue weighted by Crippen LogP contribution is 2.26. The topological polar surface area (TPSA) is 72.3 Å². The second-order valence-electron chi connectivity index (χ2n) is 7.76. The zero-order valence-electron chi connectivity index (χ0n) is 18.2. The van der Waals surface area contributed by atoms with Crippen molar-refractivity contribution in [3.8, 4) is 5.75 Å². The van der Waals surface area contributed by atoms with Gasteiger partial charge in [0.05, 0.1) is 18.8 Å². The summed E-state index contributed by atoms with van der Waals surface area (Å²) in [4.78, 5) is 19.8. The third-order valence-corrected chi connectivity index (χ3v) is 5.38. The van der Waals surface area contributed by atoms with Crippen LogP contribution in [0.5, 0.6) is 5.75 Å². The summed E-state index contributed by atoms with van der Waals surface area (Å²) in [6, 6.07) is 15.1. The summed E-state index contributed by atoms with van der Waals surface area (Å²) in [7, 11) is 0. The smallest absolute Gasteiger partial charge is 0.326 e. The number of carbonyl (C=O) groups excluding carboxylic acids is 1. The molecule has 0 spiro atoms. The van der Waals surface area contributed by atoms with Gasteiger partial charge in [0.2, 0.25) is 0 Å². The van der Waals surface area contributed by atoms with Crippen LogP contribution in [0.1, 0.15) is 43.4 Å². The number of carbonyl (C=O) groups is 1. The molecule has 3 aromatic rings. The standard InChI is InChI=1S/C24H29N5O2/c1-3-31-21-10-7-6-9-20(21)25-24(30)28(19-14-12-18(2)13-15-19)17-22-26-23-11-5-4-8-16-29(23)27-22/h6-7,9-10,12-15H,3-5,8,11,16-17H2,1-2H3,(H,25,30). The van der Waals surface area contributed by atoms with Gasteiger partial charge in [-0.2, -0.15) is 5.10 Å². The second kappa shape index (κ2) is 9.64. The summed E-state index contributed by atoms with van der Waals surface area (Å²) in [5.41, 5.74) is 2.57. The molecule has 2 heterocycles. The lowest BCUT2D eigenvalue weighted by atomic mass is 10.2. The summed E-state index contributed by atoms with van der Waals surface area (Å²) in [5.74, 6) is 2.32. The fraction of sp³-hybridized carbons (Fsp3) is 0.375. The lowest BCUT2D eigenvalue weighted by molar-refractivity contribution is 0.256. The Balaban J connectivity index is 1.60. The highest BCUT2D eigenvalue weighted by Gasteiger charge is 2.21. The first-order valence-electron chi connectivity index (χ1n) is 10.9. The van der Waals surface area contributed by atoms with E-state index in [1.807, 2.05) is 67.1 Å². The first-order chi connectivity index (χ1) is 15.1. The molecule has 0 saturated carbocycles. The Kier molecular flexibility index (Phi) is 6.50. The fourth-order valence-electron chi connectivity index (χ4n) is 3.76. The van der Waals surface area contributed by atoms with E-state index in [4.69, 9.17) is 9.72 Å². The van der Waals surface area contributed by atoms with Crippen LogP contribution >= 0.6 is 0 Å². The number of nitrogens with one attached hydrogen (secondary N) is 1. The molecule has 4 rings (SSSR count). The molecule has 1 N–H and O–H groups in total. The average Bonchev–Trinajstić information content (AvgIpc) is 3.02. The van der Waals surface area contributed by atoms with Gasteiger partial charge in [-0.25, -0.2) is 14.5 Å². The number of hydrogen-bond acceptors (Lipinski definition) is 4. The van der Waals surface area contributed by atoms with Crippen LogP contribution in [0.3, 0.4) is 0 Å². The van der Waals surface area contributed by atoms with Crippen molar-refractivity contribution in [2.24, 2.45) is 0 Å². The molecule has 0 aliphatic carbocycles. The zero-order chi connectivity index (χ0) is 21.6. The van der Waals surface area contributed by atoms with Gasteiger partial charge in [-0.3, -0.25) is 4.90 Å². The Morgan fingerprint density at radius 3 is 2.74 bits per heavy atom. The molecule has 1 aliphatic rings. The highest BCUT2D eigenvalue weighted by atomic mass is 16.5. The van der Waals surface area contributed by atoms with E-state index < -0.39 is 0 Å². The molecule has 0 unspecified atom stereocenters. The normalized spacial score (nSPS) is 13.2. The minimum absolute atomic E-state index is 0.249. The maximum atomic E-state index is 13.4. The number of urea groups is 1. The van der Waals surface area contributed by atoms with Crippen molar-refractivity contribution < 1.29 is 9.53 Å². The highest BCUT2D eigenvalue weighted by molar-refractivity contribution is 6.02. The summed E-state index contributed by atoms with van der Waals surface area (Å²) in [5, 5.41) is 7.69. The Labute approximate surface area is 183 Å². The quantitative estimate of drug-likeness (QED) is 0.614. The van der Waals surface area contributed by atoms with Gasteiger partial charge < -0.3 is 10.1 Å². The van der Waals surface area contributed by atoms with Gasteiger partial charge in [0.1, 0.15) is 11.6 Å². The SMILES string of the molecule is CCOc1ccccc1NC(=O)N(Cc1nc2n(n1)CCCCC2)c1ccc(C)cc1. The lowest BCUT2D eigenvalue weighted by Crippen LogP contribution is -2.35. The molecule has 0 fully saturated rings. The van der Waals surface area contributed by atoms with Crippen LogP contribution in [0, 0.1) is 6.92 Å². The van der Waals surface area contributed by atoms with Crippen molar-refractivity contribution in [1.82, 2.24) is 14.8 Å². The largest absolute Gasteiger partial charge is 0.492 e. The molecular formula is C24H29N5O2. The predicted molar refractivity (Wildman–Crippen MR) is 122 cm³/mol. The minimum Gasteiger partial charge on any atom is -0.492 e. The molecule has 2 aromatic carbocycles. The van der Waals surface area contributed by atoms with Crippen molar-refractivity contribution in [2.75, 3.05) is 16.8 Å². The first kappa shape index (κ1) is 20.9. The van der Waals surface area contributed by atoms with E-state index in [-0.39, 0.29) is 6.03 Å². The van der Waals surface area contributed by atoms with Crippen molar-refractivity contribution in [3.05, 3.63) is 65.7 Å². The summed E-state index contributed by atoms with van der Waals surface area (Å²) >= 11 is 0. The molecule has 2 amide bonds. The van der Waals surface area contributed by atoms with Crippen molar-refractivity contribution >= 4 is 17.4 Å². The molecule has 31 heavy (non-hydrogen) atoms. The third kappa shape index (κ3) is 5.05. The Hall–Kier alpha value is -3.35. The minimum atomic E-state index is -0.249. The van der Waals surface area contributed by atoms with E-state index in [9.17, 15) is 4.79 Å². The first-order valence-corrected chi connectivity index (χ1v) is 10.9. The van der Waals surface area contributed by atoms with Crippen molar-refractivity contribution in [3.63, 3.8) is 0 Å². The number of anilines is 2. The van der Waals surface area contributed by atoms with Crippen LogP contribution in [-0.4, -0.2) is 27.4 Å². The van der Waals surface area contributed by atoms with Gasteiger partial charge in [-0.1, -0.05) is 36.2 Å². The average molecular weight is 420 g/mol. The molecule has 0 atom stereocenters. The number of fused-ring (bicyclic) bond motifs is 1. The van der Waals surface area contributed by atoms with Gasteiger partial charge in [0, 0.05) is 18.7 Å². The van der Waals surface area contributed by atoms with Crippen LogP contribution < -0.4 is 15.0 Å². The molecule has 162 valence electrons. The van der Waals surface area contributed by atoms with Crippen LogP contribution in [0.25, 0.3) is 0 Å². The molecule has 1 aromatic heterocycles. The third-order valence-electron chi connectivity index (χ3n) is 5.38. The van der Waals surface area contributed by atoms with Crippen molar-refractivity contribution in [1.29, 1.82) is 0 Å². The Bertz CT molecular complexity index is 1010. The Morgan fingerprint density at radius 2 is 1.94 bits per heavy atom. The molecule has 0 radical (unpaired) electrons. The van der Waals surface area contributed by atoms with Crippen LogP contribution in [0.15, 0.2) is 48.5 Å². The van der Waals surface area contributed by atoms with Crippen molar-refractivity contribution in [2.45, 2.75) is 52.6 Å². The lowest BCUT2D eigenvalue weighted by Gasteiger charge is -2.23. The number of para-hydroxylation sites is 2. The number of nitrogens with zero attached hydrogens (tertiary/aromatic N) is 4. The van der Waals surface area contributed by atoms with E-state index >= 15 is 0 Å². The number of benzene rings is 2. The van der Waals surface area contributed by atoms with Crippen LogP contribution in [-0.2, 0) is 19.5 Å². The van der Waals surface area contributed by atoms with E-state index in [1.54, 1.807) is 4.90 Å². The maximum Gasteiger partial charge on any atom is 0.326 e. The van der Waals surface area contributed by atoms with Crippen LogP contribution in [0.4, 0.5) is 16.2 Å². The van der Waals surface area contributed by atoms with Gasteiger partial charge in [-0.05, 0) is 51.0 Å². The summed E-state index contributed by atoms with van der Waals surface area (Å²) < 4.78 is 7.66. The molecular weight excluding hydrogens is 390 g/mol. The van der Waals surface area contributed by atoms with E-state index in [2.05, 4.69) is 10.4 Å². The van der Waals surface area contributed by atoms with Crippen LogP contribution in [0.2, 0.25) is 0 Å². The second-order valence-corrected chi connectivity index (χ2v) is 7.76. The maximum absolute atomic E-state index is 13.4. The number of ether oxygens (including phenoxy) is 1. The molecule has 1 aliphatic heterocycles. The number of amides is 2. The van der Waals surface area contributed by atoms with Gasteiger partial charge in [0.25, 0.3) is 0 Å². The summed E-state index contributed by atoms with van der Waals surface area (Å²) in [6.07, 6.45) is 4.39. The van der Waals surface area contributed by atoms with Gasteiger partial charge >= 0.3 is 6.03 Å². The van der Waals surface area contributed by atoms with E-state index in [0.29, 0.717) is 30.4 Å². The monoisotopic (exact) mass is 419 g/mol. The zero-order valence-corrected chi connectivity index (χ0v) is 18.2. The Morgan fingerprint density at radius 1 is 1.13 bits per heavy atom. The van der Waals surface area contributed by atoms with E-state index in [0.717, 1.165) is 42.9 Å². The predicted octanol–water partition coefficient (Wildman–Crippen LogP) is 4.95. The fourth-order valence-corrected chi connectivity index (χ4v) is 3.76. The number of rotatable bonds is 6. The molecule has 7 heteroatoms. The molecule has 7 nitrogen and oxygen atoms in total. The van der Waals surface area contributed by atoms with Gasteiger partial charge in [-0.15, -0.1) is 0 Å². The van der Waals surface area contributed by atoms with E-state index in [1.165, 1.54) is 6.42 Å². The number of hydrogen-bond donors (Lipinski definition) is 1. The van der Waals surface area contributed by atoms with Gasteiger partial charge in [0.15, 0.2) is 5.82 Å². The molecule has 0 saturated heterocycles.